The summed E-state index contributed by atoms with van der Waals surface area (Å²) in [6, 6.07) is 8.17. The van der Waals surface area contributed by atoms with E-state index in [1.807, 2.05) is 39.0 Å². The second kappa shape index (κ2) is 7.66. The number of nitriles is 1. The Hall–Kier alpha value is -1.05. The van der Waals surface area contributed by atoms with Gasteiger partial charge >= 0.3 is 0 Å². The van der Waals surface area contributed by atoms with E-state index in [9.17, 15) is 0 Å². The molecule has 1 rings (SSSR count). The van der Waals surface area contributed by atoms with Crippen molar-refractivity contribution in [2.75, 3.05) is 6.61 Å². The van der Waals surface area contributed by atoms with E-state index in [2.05, 4.69) is 22.0 Å². The predicted octanol–water partition coefficient (Wildman–Crippen LogP) is 4.57. The van der Waals surface area contributed by atoms with Gasteiger partial charge in [-0.1, -0.05) is 15.9 Å². The molecule has 0 aliphatic rings. The minimum Gasteiger partial charge on any atom is -0.493 e. The van der Waals surface area contributed by atoms with E-state index in [-0.39, 0.29) is 11.5 Å². The second-order valence-electron chi connectivity index (χ2n) is 5.77. The topological polar surface area (TPSA) is 59.0 Å². The molecule has 1 atom stereocenters. The van der Waals surface area contributed by atoms with Gasteiger partial charge in [-0.25, -0.2) is 0 Å². The lowest BCUT2D eigenvalue weighted by atomic mass is 9.89. The van der Waals surface area contributed by atoms with Crippen LogP contribution in [0.25, 0.3) is 0 Å². The molecule has 0 spiro atoms. The molecule has 0 amide bonds. The highest BCUT2D eigenvalue weighted by Gasteiger charge is 2.15. The smallest absolute Gasteiger partial charge is 0.124 e. The summed E-state index contributed by atoms with van der Waals surface area (Å²) in [7, 11) is 0. The molecule has 1 aromatic carbocycles. The van der Waals surface area contributed by atoms with E-state index in [1.54, 1.807) is 0 Å². The lowest BCUT2D eigenvalue weighted by Crippen LogP contribution is -2.10. The average Bonchev–Trinajstić information content (AvgIpc) is 2.39. The minimum absolute atomic E-state index is 0.0555. The van der Waals surface area contributed by atoms with Gasteiger partial charge in [-0.3, -0.25) is 0 Å². The summed E-state index contributed by atoms with van der Waals surface area (Å²) in [6.07, 6.45) is 2.83. The van der Waals surface area contributed by atoms with E-state index in [1.165, 1.54) is 0 Å². The number of ether oxygens (including phenoxy) is 1. The monoisotopic (exact) mass is 338 g/mol. The van der Waals surface area contributed by atoms with Gasteiger partial charge in [0.15, 0.2) is 0 Å². The van der Waals surface area contributed by atoms with Crippen LogP contribution in [0.1, 0.15) is 51.6 Å². The molecule has 0 saturated heterocycles. The maximum Gasteiger partial charge on any atom is 0.124 e. The summed E-state index contributed by atoms with van der Waals surface area (Å²) in [5.41, 5.74) is 6.72. The van der Waals surface area contributed by atoms with E-state index < -0.39 is 0 Å². The van der Waals surface area contributed by atoms with Gasteiger partial charge in [-0.15, -0.1) is 0 Å². The van der Waals surface area contributed by atoms with Crippen molar-refractivity contribution in [2.45, 2.75) is 46.1 Å². The zero-order valence-corrected chi connectivity index (χ0v) is 14.0. The first-order valence-electron chi connectivity index (χ1n) is 6.95. The summed E-state index contributed by atoms with van der Waals surface area (Å²) in [6.45, 7) is 6.54. The van der Waals surface area contributed by atoms with E-state index in [0.29, 0.717) is 6.61 Å². The van der Waals surface area contributed by atoms with Crippen LogP contribution < -0.4 is 10.5 Å². The fourth-order valence-corrected chi connectivity index (χ4v) is 2.29. The molecule has 0 saturated carbocycles. The molecule has 0 heterocycles. The highest BCUT2D eigenvalue weighted by molar-refractivity contribution is 9.10. The molecule has 0 aliphatic carbocycles. The van der Waals surface area contributed by atoms with Crippen LogP contribution in [0.15, 0.2) is 22.7 Å². The number of nitrogens with two attached hydrogens (primary N) is 1. The largest absolute Gasteiger partial charge is 0.493 e. The molecule has 0 radical (unpaired) electrons. The first-order valence-corrected chi connectivity index (χ1v) is 7.74. The highest BCUT2D eigenvalue weighted by Crippen LogP contribution is 2.28. The number of hydrogen-bond donors (Lipinski definition) is 1. The summed E-state index contributed by atoms with van der Waals surface area (Å²) in [4.78, 5) is 0. The highest BCUT2D eigenvalue weighted by atomic mass is 79.9. The number of benzene rings is 1. The van der Waals surface area contributed by atoms with Crippen LogP contribution in [0.2, 0.25) is 0 Å². The summed E-state index contributed by atoms with van der Waals surface area (Å²) in [5, 5.41) is 8.95. The van der Waals surface area contributed by atoms with Crippen LogP contribution in [0, 0.1) is 16.7 Å². The van der Waals surface area contributed by atoms with Gasteiger partial charge in [0.2, 0.25) is 0 Å². The molecule has 0 fully saturated rings. The van der Waals surface area contributed by atoms with Crippen LogP contribution in [0.4, 0.5) is 0 Å². The number of halogens is 1. The van der Waals surface area contributed by atoms with Gasteiger partial charge < -0.3 is 10.5 Å². The van der Waals surface area contributed by atoms with Gasteiger partial charge in [0, 0.05) is 16.1 Å². The SMILES string of the molecule is C[C@H](N)c1cc(Br)ccc1OCCCCC(C)(C)C#N. The van der Waals surface area contributed by atoms with Crippen LogP contribution in [0.3, 0.4) is 0 Å². The maximum absolute atomic E-state index is 8.95. The number of nitrogens with zero attached hydrogens (tertiary/aromatic N) is 1. The van der Waals surface area contributed by atoms with Crippen molar-refractivity contribution < 1.29 is 4.74 Å². The Morgan fingerprint density at radius 3 is 2.70 bits per heavy atom. The van der Waals surface area contributed by atoms with E-state index in [4.69, 9.17) is 15.7 Å². The van der Waals surface area contributed by atoms with Crippen molar-refractivity contribution in [3.8, 4) is 11.8 Å². The Labute approximate surface area is 130 Å². The van der Waals surface area contributed by atoms with Gasteiger partial charge in [0.05, 0.1) is 18.1 Å². The Balaban J connectivity index is 2.45. The van der Waals surface area contributed by atoms with Crippen molar-refractivity contribution in [2.24, 2.45) is 11.1 Å². The van der Waals surface area contributed by atoms with Crippen LogP contribution in [-0.4, -0.2) is 6.61 Å². The summed E-state index contributed by atoms with van der Waals surface area (Å²) < 4.78 is 6.83. The zero-order valence-electron chi connectivity index (χ0n) is 12.4. The van der Waals surface area contributed by atoms with Crippen molar-refractivity contribution in [3.63, 3.8) is 0 Å². The van der Waals surface area contributed by atoms with E-state index >= 15 is 0 Å². The van der Waals surface area contributed by atoms with Gasteiger partial charge in [-0.2, -0.15) is 5.26 Å². The Morgan fingerprint density at radius 1 is 1.40 bits per heavy atom. The molecular weight excluding hydrogens is 316 g/mol. The lowest BCUT2D eigenvalue weighted by molar-refractivity contribution is 0.291. The quantitative estimate of drug-likeness (QED) is 0.741. The lowest BCUT2D eigenvalue weighted by Gasteiger charge is -2.16. The molecule has 0 unspecified atom stereocenters. The van der Waals surface area contributed by atoms with Crippen LogP contribution >= 0.6 is 15.9 Å². The molecule has 0 aromatic heterocycles. The molecule has 0 bridgehead atoms. The minimum atomic E-state index is -0.242. The van der Waals surface area contributed by atoms with Crippen LogP contribution in [-0.2, 0) is 0 Å². The molecule has 3 nitrogen and oxygen atoms in total. The van der Waals surface area contributed by atoms with Crippen molar-refractivity contribution in [1.29, 1.82) is 5.26 Å². The maximum atomic E-state index is 8.95. The average molecular weight is 339 g/mol. The summed E-state index contributed by atoms with van der Waals surface area (Å²) in [5.74, 6) is 0.850. The molecule has 20 heavy (non-hydrogen) atoms. The zero-order chi connectivity index (χ0) is 15.2. The standard InChI is InChI=1S/C16H23BrN2O/c1-12(19)14-10-13(17)6-7-15(14)20-9-5-4-8-16(2,3)11-18/h6-7,10,12H,4-5,8-9,19H2,1-3H3/t12-/m0/s1. The summed E-state index contributed by atoms with van der Waals surface area (Å²) >= 11 is 3.45. The molecule has 1 aromatic rings. The van der Waals surface area contributed by atoms with E-state index in [0.717, 1.165) is 35.0 Å². The molecule has 2 N–H and O–H groups in total. The van der Waals surface area contributed by atoms with Crippen molar-refractivity contribution in [1.82, 2.24) is 0 Å². The molecular formula is C16H23BrN2O. The Bertz CT molecular complexity index is 478. The fraction of sp³-hybridized carbons (Fsp3) is 0.562. The normalized spacial score (nSPS) is 12.8. The Kier molecular flexibility index (Phi) is 6.51. The first kappa shape index (κ1) is 17.0. The fourth-order valence-electron chi connectivity index (χ4n) is 1.91. The molecule has 4 heteroatoms. The van der Waals surface area contributed by atoms with Gasteiger partial charge in [0.25, 0.3) is 0 Å². The Morgan fingerprint density at radius 2 is 2.10 bits per heavy atom. The van der Waals surface area contributed by atoms with Crippen molar-refractivity contribution in [3.05, 3.63) is 28.2 Å². The third kappa shape index (κ3) is 5.52. The number of rotatable bonds is 7. The van der Waals surface area contributed by atoms with Gasteiger partial charge in [0.1, 0.15) is 5.75 Å². The number of hydrogen-bond acceptors (Lipinski definition) is 3. The predicted molar refractivity (Wildman–Crippen MR) is 85.5 cm³/mol. The second-order valence-corrected chi connectivity index (χ2v) is 6.69. The molecule has 110 valence electrons. The third-order valence-electron chi connectivity index (χ3n) is 3.22. The molecule has 0 aliphatic heterocycles. The van der Waals surface area contributed by atoms with Crippen molar-refractivity contribution >= 4 is 15.9 Å². The van der Waals surface area contributed by atoms with Gasteiger partial charge in [-0.05, 0) is 58.2 Å². The third-order valence-corrected chi connectivity index (χ3v) is 3.71. The van der Waals surface area contributed by atoms with Crippen LogP contribution in [0.5, 0.6) is 5.75 Å². The first-order chi connectivity index (χ1) is 9.35. The number of unbranched alkanes of at least 4 members (excludes halogenated alkanes) is 1.